The number of hydrogen-bond donors (Lipinski definition) is 1. The van der Waals surface area contributed by atoms with Gasteiger partial charge in [-0.15, -0.1) is 0 Å². The van der Waals surface area contributed by atoms with Crippen molar-refractivity contribution in [2.24, 2.45) is 0 Å². The van der Waals surface area contributed by atoms with Gasteiger partial charge >= 0.3 is 0 Å². The Morgan fingerprint density at radius 2 is 2.09 bits per heavy atom. The average Bonchev–Trinajstić information content (AvgIpc) is 3.07. The van der Waals surface area contributed by atoms with Crippen LogP contribution in [-0.4, -0.2) is 19.4 Å². The van der Waals surface area contributed by atoms with Crippen LogP contribution in [0.4, 0.5) is 0 Å². The predicted octanol–water partition coefficient (Wildman–Crippen LogP) is 4.46. The summed E-state index contributed by atoms with van der Waals surface area (Å²) < 4.78 is 2.06. The lowest BCUT2D eigenvalue weighted by Gasteiger charge is -1.93. The van der Waals surface area contributed by atoms with E-state index in [0.29, 0.717) is 5.02 Å². The number of fused-ring (bicyclic) bond motifs is 2. The number of aromatic nitrogens is 4. The quantitative estimate of drug-likeness (QED) is 0.564. The summed E-state index contributed by atoms with van der Waals surface area (Å²) in [4.78, 5) is 12.4. The third kappa shape index (κ3) is 2.58. The number of pyridine rings is 1. The first kappa shape index (κ1) is 13.7. The summed E-state index contributed by atoms with van der Waals surface area (Å²) in [6, 6.07) is 9.77. The van der Waals surface area contributed by atoms with Crippen LogP contribution in [0.2, 0.25) is 5.02 Å². The first-order valence-corrected chi connectivity index (χ1v) is 8.26. The fourth-order valence-electron chi connectivity index (χ4n) is 2.39. The molecule has 1 N–H and O–H groups in total. The van der Waals surface area contributed by atoms with Crippen LogP contribution in [0.1, 0.15) is 11.3 Å². The molecule has 110 valence electrons. The predicted molar refractivity (Wildman–Crippen MR) is 90.6 cm³/mol. The number of aromatic amines is 1. The molecule has 0 saturated heterocycles. The lowest BCUT2D eigenvalue weighted by molar-refractivity contribution is 1.07. The van der Waals surface area contributed by atoms with Crippen LogP contribution in [0.3, 0.4) is 0 Å². The van der Waals surface area contributed by atoms with Crippen molar-refractivity contribution in [1.29, 1.82) is 0 Å². The molecule has 4 aromatic rings. The van der Waals surface area contributed by atoms with Crippen molar-refractivity contribution in [3.8, 4) is 0 Å². The fourth-order valence-corrected chi connectivity index (χ4v) is 3.34. The van der Waals surface area contributed by atoms with Gasteiger partial charge < -0.3 is 9.38 Å². The second-order valence-corrected chi connectivity index (χ2v) is 6.60. The van der Waals surface area contributed by atoms with E-state index in [4.69, 9.17) is 11.6 Å². The highest BCUT2D eigenvalue weighted by molar-refractivity contribution is 7.98. The maximum atomic E-state index is 5.99. The van der Waals surface area contributed by atoms with Crippen LogP contribution in [-0.2, 0) is 5.75 Å². The topological polar surface area (TPSA) is 46.0 Å². The van der Waals surface area contributed by atoms with Crippen molar-refractivity contribution in [1.82, 2.24) is 19.4 Å². The number of hydrogen-bond acceptors (Lipinski definition) is 3. The molecule has 0 atom stereocenters. The Bertz CT molecular complexity index is 893. The van der Waals surface area contributed by atoms with E-state index < -0.39 is 0 Å². The van der Waals surface area contributed by atoms with Crippen LogP contribution in [0, 0.1) is 6.92 Å². The van der Waals surface area contributed by atoms with E-state index in [1.807, 2.05) is 24.3 Å². The highest BCUT2D eigenvalue weighted by atomic mass is 35.5. The molecular formula is C16H13ClN4S. The minimum atomic E-state index is 0.712. The van der Waals surface area contributed by atoms with Crippen LogP contribution >= 0.6 is 23.4 Å². The highest BCUT2D eigenvalue weighted by Gasteiger charge is 2.07. The number of benzene rings is 1. The molecule has 0 spiro atoms. The monoisotopic (exact) mass is 328 g/mol. The van der Waals surface area contributed by atoms with Crippen LogP contribution < -0.4 is 0 Å². The molecule has 0 radical (unpaired) electrons. The van der Waals surface area contributed by atoms with Gasteiger partial charge in [0.05, 0.1) is 16.7 Å². The Morgan fingerprint density at radius 3 is 3.00 bits per heavy atom. The molecule has 0 aliphatic carbocycles. The third-order valence-corrected chi connectivity index (χ3v) is 4.57. The number of halogens is 1. The second kappa shape index (κ2) is 5.34. The Kier molecular flexibility index (Phi) is 3.32. The Hall–Kier alpha value is -1.98. The number of H-pyrrole nitrogens is 1. The molecule has 3 heterocycles. The van der Waals surface area contributed by atoms with E-state index in [1.54, 1.807) is 11.8 Å². The number of thioether (sulfide) groups is 1. The highest BCUT2D eigenvalue weighted by Crippen LogP contribution is 2.24. The molecule has 3 aromatic heterocycles. The van der Waals surface area contributed by atoms with E-state index >= 15 is 0 Å². The Morgan fingerprint density at radius 1 is 1.18 bits per heavy atom. The molecular weight excluding hydrogens is 316 g/mol. The van der Waals surface area contributed by atoms with Gasteiger partial charge in [0.2, 0.25) is 0 Å². The molecule has 0 saturated carbocycles. The number of imidazole rings is 2. The van der Waals surface area contributed by atoms with E-state index in [9.17, 15) is 0 Å². The third-order valence-electron chi connectivity index (χ3n) is 3.43. The lowest BCUT2D eigenvalue weighted by Crippen LogP contribution is -1.82. The van der Waals surface area contributed by atoms with Gasteiger partial charge in [0.25, 0.3) is 0 Å². The normalized spacial score (nSPS) is 11.5. The number of nitrogens with zero attached hydrogens (tertiary/aromatic N) is 3. The van der Waals surface area contributed by atoms with Gasteiger partial charge in [-0.3, -0.25) is 0 Å². The maximum absolute atomic E-state index is 5.99. The van der Waals surface area contributed by atoms with Crippen molar-refractivity contribution in [3.05, 3.63) is 59.0 Å². The molecule has 0 amide bonds. The summed E-state index contributed by atoms with van der Waals surface area (Å²) >= 11 is 7.63. The number of nitrogens with one attached hydrogen (secondary N) is 1. The molecule has 0 unspecified atom stereocenters. The van der Waals surface area contributed by atoms with Crippen LogP contribution in [0.25, 0.3) is 16.7 Å². The SMILES string of the molecule is Cc1ccc2nc(CSc3nc4ccc(Cl)cc4[nH]3)cn2c1. The molecule has 6 heteroatoms. The van der Waals surface area contributed by atoms with Crippen molar-refractivity contribution in [2.45, 2.75) is 17.8 Å². The minimum Gasteiger partial charge on any atom is -0.333 e. The Labute approximate surface area is 136 Å². The van der Waals surface area contributed by atoms with E-state index in [0.717, 1.165) is 33.3 Å². The molecule has 4 nitrogen and oxygen atoms in total. The van der Waals surface area contributed by atoms with Crippen molar-refractivity contribution < 1.29 is 0 Å². The van der Waals surface area contributed by atoms with Gasteiger partial charge in [0.15, 0.2) is 5.16 Å². The smallest absolute Gasteiger partial charge is 0.166 e. The Balaban J connectivity index is 1.56. The largest absolute Gasteiger partial charge is 0.333 e. The summed E-state index contributed by atoms with van der Waals surface area (Å²) in [6.45, 7) is 2.08. The maximum Gasteiger partial charge on any atom is 0.166 e. The summed E-state index contributed by atoms with van der Waals surface area (Å²) in [6.07, 6.45) is 4.15. The summed E-state index contributed by atoms with van der Waals surface area (Å²) in [7, 11) is 0. The zero-order valence-corrected chi connectivity index (χ0v) is 13.4. The van der Waals surface area contributed by atoms with E-state index in [2.05, 4.69) is 44.7 Å². The first-order valence-electron chi connectivity index (χ1n) is 6.90. The van der Waals surface area contributed by atoms with Crippen LogP contribution in [0.15, 0.2) is 47.9 Å². The van der Waals surface area contributed by atoms with Crippen LogP contribution in [0.5, 0.6) is 0 Å². The van der Waals surface area contributed by atoms with Gasteiger partial charge in [0, 0.05) is 23.2 Å². The molecule has 1 aromatic carbocycles. The summed E-state index contributed by atoms with van der Waals surface area (Å²) in [5.41, 5.74) is 5.11. The average molecular weight is 329 g/mol. The van der Waals surface area contributed by atoms with Gasteiger partial charge in [-0.2, -0.15) is 0 Å². The molecule has 0 aliphatic rings. The molecule has 0 aliphatic heterocycles. The molecule has 0 bridgehead atoms. The molecule has 4 rings (SSSR count). The van der Waals surface area contributed by atoms with E-state index in [-0.39, 0.29) is 0 Å². The van der Waals surface area contributed by atoms with Crippen molar-refractivity contribution in [3.63, 3.8) is 0 Å². The van der Waals surface area contributed by atoms with Crippen molar-refractivity contribution in [2.75, 3.05) is 0 Å². The standard InChI is InChI=1S/C16H13ClN4S/c1-10-2-5-15-18-12(8-21(15)7-10)9-22-16-19-13-4-3-11(17)6-14(13)20-16/h2-8H,9H2,1H3,(H,19,20). The first-order chi connectivity index (χ1) is 10.7. The van der Waals surface area contributed by atoms with Gasteiger partial charge in [-0.25, -0.2) is 9.97 Å². The zero-order valence-electron chi connectivity index (χ0n) is 11.9. The van der Waals surface area contributed by atoms with Gasteiger partial charge in [-0.05, 0) is 36.8 Å². The number of rotatable bonds is 3. The van der Waals surface area contributed by atoms with Crippen molar-refractivity contribution >= 4 is 40.0 Å². The second-order valence-electron chi connectivity index (χ2n) is 5.20. The summed E-state index contributed by atoms with van der Waals surface area (Å²) in [5.74, 6) is 0.772. The lowest BCUT2D eigenvalue weighted by atomic mass is 10.3. The van der Waals surface area contributed by atoms with Gasteiger partial charge in [0.1, 0.15) is 5.65 Å². The zero-order chi connectivity index (χ0) is 15.1. The van der Waals surface area contributed by atoms with Gasteiger partial charge in [-0.1, -0.05) is 29.4 Å². The molecule has 22 heavy (non-hydrogen) atoms. The van der Waals surface area contributed by atoms with E-state index in [1.165, 1.54) is 5.56 Å². The summed E-state index contributed by atoms with van der Waals surface area (Å²) in [5, 5.41) is 1.59. The minimum absolute atomic E-state index is 0.712. The fraction of sp³-hybridized carbons (Fsp3) is 0.125. The number of aryl methyl sites for hydroxylation is 1. The molecule has 0 fully saturated rings.